The molecule has 5 heteroatoms. The van der Waals surface area contributed by atoms with Crippen LogP contribution in [0.25, 0.3) is 0 Å². The van der Waals surface area contributed by atoms with Crippen molar-refractivity contribution in [3.05, 3.63) is 47.0 Å². The first-order valence-electron chi connectivity index (χ1n) is 8.75. The van der Waals surface area contributed by atoms with Crippen LogP contribution in [0.4, 0.5) is 5.13 Å². The fourth-order valence-corrected chi connectivity index (χ4v) is 4.99. The van der Waals surface area contributed by atoms with Gasteiger partial charge in [0.05, 0.1) is 6.61 Å². The first-order chi connectivity index (χ1) is 11.8. The van der Waals surface area contributed by atoms with Crippen molar-refractivity contribution >= 4 is 16.5 Å². The average Bonchev–Trinajstić information content (AvgIpc) is 3.15. The Labute approximate surface area is 148 Å². The van der Waals surface area contributed by atoms with Crippen LogP contribution < -0.4 is 4.90 Å². The lowest BCUT2D eigenvalue weighted by atomic mass is 9.69. The van der Waals surface area contributed by atoms with E-state index in [2.05, 4.69) is 44.4 Å². The van der Waals surface area contributed by atoms with Crippen molar-refractivity contribution in [2.45, 2.75) is 24.8 Å². The summed E-state index contributed by atoms with van der Waals surface area (Å²) in [5.41, 5.74) is 3.37. The topological polar surface area (TPSA) is 28.6 Å². The van der Waals surface area contributed by atoms with E-state index < -0.39 is 0 Å². The van der Waals surface area contributed by atoms with Gasteiger partial charge in [-0.3, -0.25) is 4.90 Å². The molecule has 24 heavy (non-hydrogen) atoms. The van der Waals surface area contributed by atoms with Crippen molar-refractivity contribution in [3.63, 3.8) is 0 Å². The third kappa shape index (κ3) is 2.96. The van der Waals surface area contributed by atoms with Crippen molar-refractivity contribution in [2.75, 3.05) is 44.8 Å². The number of anilines is 1. The molecule has 2 aliphatic heterocycles. The Kier molecular flexibility index (Phi) is 4.57. The van der Waals surface area contributed by atoms with Crippen LogP contribution in [0.1, 0.15) is 24.0 Å². The van der Waals surface area contributed by atoms with Crippen LogP contribution in [-0.2, 0) is 16.7 Å². The van der Waals surface area contributed by atoms with Gasteiger partial charge in [-0.25, -0.2) is 4.98 Å². The largest absolute Gasteiger partial charge is 0.383 e. The van der Waals surface area contributed by atoms with Crippen LogP contribution in [-0.4, -0.2) is 49.8 Å². The predicted molar refractivity (Wildman–Crippen MR) is 98.8 cm³/mol. The second kappa shape index (κ2) is 6.82. The highest BCUT2D eigenvalue weighted by Gasteiger charge is 2.41. The zero-order chi connectivity index (χ0) is 16.4. The molecule has 1 fully saturated rings. The molecule has 128 valence electrons. The first-order valence-corrected chi connectivity index (χ1v) is 9.63. The van der Waals surface area contributed by atoms with E-state index in [1.807, 2.05) is 6.20 Å². The molecule has 4 nitrogen and oxygen atoms in total. The molecule has 0 bridgehead atoms. The Hall–Kier alpha value is -1.43. The van der Waals surface area contributed by atoms with E-state index in [1.54, 1.807) is 24.0 Å². The van der Waals surface area contributed by atoms with Gasteiger partial charge in [-0.1, -0.05) is 24.3 Å². The van der Waals surface area contributed by atoms with Crippen LogP contribution in [0.5, 0.6) is 0 Å². The number of thiazole rings is 1. The zero-order valence-electron chi connectivity index (χ0n) is 14.3. The Morgan fingerprint density at radius 3 is 2.83 bits per heavy atom. The van der Waals surface area contributed by atoms with E-state index in [9.17, 15) is 0 Å². The number of aromatic nitrogens is 1. The standard InChI is InChI=1S/C19H25N3OS/c1-23-12-11-21-14-16-4-2-3-5-17(16)19(15-21)6-9-22(10-7-19)18-20-8-13-24-18/h2-5,8,13H,6-7,9-12,14-15H2,1H3. The maximum atomic E-state index is 5.32. The Morgan fingerprint density at radius 2 is 2.08 bits per heavy atom. The molecule has 0 aliphatic carbocycles. The van der Waals surface area contributed by atoms with E-state index in [4.69, 9.17) is 4.74 Å². The molecule has 1 spiro atoms. The van der Waals surface area contributed by atoms with Gasteiger partial charge in [0.1, 0.15) is 0 Å². The highest BCUT2D eigenvalue weighted by molar-refractivity contribution is 7.13. The summed E-state index contributed by atoms with van der Waals surface area (Å²) in [5.74, 6) is 0. The number of fused-ring (bicyclic) bond motifs is 2. The van der Waals surface area contributed by atoms with Gasteiger partial charge < -0.3 is 9.64 Å². The minimum atomic E-state index is 0.288. The second-order valence-corrected chi connectivity index (χ2v) is 7.82. The molecule has 1 aromatic carbocycles. The molecule has 2 aromatic rings. The molecule has 0 unspecified atom stereocenters. The Bertz CT molecular complexity index is 665. The number of hydrogen-bond donors (Lipinski definition) is 0. The number of nitrogens with zero attached hydrogens (tertiary/aromatic N) is 3. The minimum absolute atomic E-state index is 0.288. The second-order valence-electron chi connectivity index (χ2n) is 6.94. The van der Waals surface area contributed by atoms with Gasteiger partial charge in [0, 0.05) is 56.8 Å². The summed E-state index contributed by atoms with van der Waals surface area (Å²) in [6.45, 7) is 6.22. The first kappa shape index (κ1) is 16.1. The lowest BCUT2D eigenvalue weighted by molar-refractivity contribution is 0.105. The summed E-state index contributed by atoms with van der Waals surface area (Å²) in [4.78, 5) is 9.52. The van der Waals surface area contributed by atoms with E-state index >= 15 is 0 Å². The lowest BCUT2D eigenvalue weighted by Crippen LogP contribution is -2.52. The highest BCUT2D eigenvalue weighted by Crippen LogP contribution is 2.42. The summed E-state index contributed by atoms with van der Waals surface area (Å²) in [5, 5.41) is 3.24. The molecule has 0 saturated carbocycles. The van der Waals surface area contributed by atoms with Crippen LogP contribution in [0.3, 0.4) is 0 Å². The number of benzene rings is 1. The summed E-state index contributed by atoms with van der Waals surface area (Å²) in [6.07, 6.45) is 4.31. The molecular formula is C19H25N3OS. The SMILES string of the molecule is COCCN1Cc2ccccc2C2(CCN(c3nccs3)CC2)C1. The van der Waals surface area contributed by atoms with Gasteiger partial charge in [-0.05, 0) is 24.0 Å². The molecule has 0 N–H and O–H groups in total. The summed E-state index contributed by atoms with van der Waals surface area (Å²) >= 11 is 1.75. The van der Waals surface area contributed by atoms with Crippen LogP contribution in [0.2, 0.25) is 0 Å². The van der Waals surface area contributed by atoms with Crippen molar-refractivity contribution in [2.24, 2.45) is 0 Å². The molecule has 4 rings (SSSR count). The van der Waals surface area contributed by atoms with Gasteiger partial charge in [0.25, 0.3) is 0 Å². The normalized spacial score (nSPS) is 20.3. The molecule has 2 aliphatic rings. The van der Waals surface area contributed by atoms with E-state index in [1.165, 1.54) is 23.5 Å². The monoisotopic (exact) mass is 343 g/mol. The number of ether oxygens (including phenoxy) is 1. The molecule has 1 aromatic heterocycles. The minimum Gasteiger partial charge on any atom is -0.383 e. The maximum Gasteiger partial charge on any atom is 0.185 e. The smallest absolute Gasteiger partial charge is 0.185 e. The summed E-state index contributed by atoms with van der Waals surface area (Å²) in [7, 11) is 1.79. The van der Waals surface area contributed by atoms with E-state index in [0.717, 1.165) is 39.3 Å². The molecule has 0 amide bonds. The third-order valence-corrected chi connectivity index (χ3v) is 6.36. The van der Waals surface area contributed by atoms with Crippen molar-refractivity contribution in [1.82, 2.24) is 9.88 Å². The predicted octanol–water partition coefficient (Wildman–Crippen LogP) is 3.14. The van der Waals surface area contributed by atoms with Gasteiger partial charge in [-0.15, -0.1) is 11.3 Å². The number of piperidine rings is 1. The van der Waals surface area contributed by atoms with Crippen molar-refractivity contribution in [3.8, 4) is 0 Å². The van der Waals surface area contributed by atoms with Crippen LogP contribution in [0.15, 0.2) is 35.8 Å². The van der Waals surface area contributed by atoms with E-state index in [-0.39, 0.29) is 5.41 Å². The number of methoxy groups -OCH3 is 1. The Morgan fingerprint density at radius 1 is 1.25 bits per heavy atom. The molecule has 1 saturated heterocycles. The van der Waals surface area contributed by atoms with Gasteiger partial charge in [0.2, 0.25) is 0 Å². The lowest BCUT2D eigenvalue weighted by Gasteiger charge is -2.48. The fraction of sp³-hybridized carbons (Fsp3) is 0.526. The number of rotatable bonds is 4. The molecule has 0 radical (unpaired) electrons. The zero-order valence-corrected chi connectivity index (χ0v) is 15.1. The van der Waals surface area contributed by atoms with E-state index in [0.29, 0.717) is 0 Å². The molecular weight excluding hydrogens is 318 g/mol. The van der Waals surface area contributed by atoms with Gasteiger partial charge >= 0.3 is 0 Å². The maximum absolute atomic E-state index is 5.32. The van der Waals surface area contributed by atoms with Crippen molar-refractivity contribution in [1.29, 1.82) is 0 Å². The van der Waals surface area contributed by atoms with Crippen LogP contribution >= 0.6 is 11.3 Å². The number of hydrogen-bond acceptors (Lipinski definition) is 5. The Balaban J connectivity index is 1.56. The molecule has 0 atom stereocenters. The van der Waals surface area contributed by atoms with Gasteiger partial charge in [0.15, 0.2) is 5.13 Å². The average molecular weight is 343 g/mol. The quantitative estimate of drug-likeness (QED) is 0.853. The van der Waals surface area contributed by atoms with Crippen LogP contribution in [0, 0.1) is 0 Å². The summed E-state index contributed by atoms with van der Waals surface area (Å²) in [6, 6.07) is 9.06. The van der Waals surface area contributed by atoms with Gasteiger partial charge in [-0.2, -0.15) is 0 Å². The highest BCUT2D eigenvalue weighted by atomic mass is 32.1. The summed E-state index contributed by atoms with van der Waals surface area (Å²) < 4.78 is 5.32. The fourth-order valence-electron chi connectivity index (χ4n) is 4.29. The third-order valence-electron chi connectivity index (χ3n) is 5.53. The molecule has 3 heterocycles. The van der Waals surface area contributed by atoms with Crippen molar-refractivity contribution < 1.29 is 4.74 Å².